The van der Waals surface area contributed by atoms with Crippen molar-refractivity contribution < 1.29 is 19.6 Å². The van der Waals surface area contributed by atoms with Crippen LogP contribution in [-0.4, -0.2) is 22.3 Å². The highest BCUT2D eigenvalue weighted by Gasteiger charge is 2.24. The van der Waals surface area contributed by atoms with E-state index in [1.54, 1.807) is 0 Å². The number of phenols is 1. The first kappa shape index (κ1) is 13.5. The molecule has 0 amide bonds. The van der Waals surface area contributed by atoms with Gasteiger partial charge in [-0.3, -0.25) is 0 Å². The summed E-state index contributed by atoms with van der Waals surface area (Å²) in [5.41, 5.74) is 0.920. The number of phenolic OH excluding ortho intramolecular Hbond substituents is 1. The van der Waals surface area contributed by atoms with Crippen molar-refractivity contribution in [3.63, 3.8) is 0 Å². The molecule has 0 bridgehead atoms. The van der Waals surface area contributed by atoms with E-state index in [1.165, 1.54) is 6.07 Å². The zero-order chi connectivity index (χ0) is 15.4. The van der Waals surface area contributed by atoms with Crippen molar-refractivity contribution in [3.8, 4) is 5.75 Å². The molecule has 4 rings (SSSR count). The van der Waals surface area contributed by atoms with E-state index in [0.717, 1.165) is 16.2 Å². The van der Waals surface area contributed by atoms with Gasteiger partial charge in [0.1, 0.15) is 16.9 Å². The first-order valence-electron chi connectivity index (χ1n) is 6.69. The van der Waals surface area contributed by atoms with Crippen molar-refractivity contribution in [3.05, 3.63) is 47.5 Å². The number of aromatic hydroxyl groups is 1. The maximum Gasteiger partial charge on any atom is 0.492 e. The van der Waals surface area contributed by atoms with Gasteiger partial charge < -0.3 is 19.6 Å². The van der Waals surface area contributed by atoms with Crippen molar-refractivity contribution in [1.29, 1.82) is 0 Å². The SMILES string of the molecule is OB(O)c1cc(O)c(Cl)c2c1oc1cc3ccccc3cc12. The summed E-state index contributed by atoms with van der Waals surface area (Å²) in [4.78, 5) is 0. The molecule has 0 saturated heterocycles. The summed E-state index contributed by atoms with van der Waals surface area (Å²) in [6, 6.07) is 12.8. The monoisotopic (exact) mass is 312 g/mol. The van der Waals surface area contributed by atoms with Crippen molar-refractivity contribution in [2.45, 2.75) is 0 Å². The number of hydrogen-bond acceptors (Lipinski definition) is 4. The van der Waals surface area contributed by atoms with E-state index in [1.807, 2.05) is 36.4 Å². The molecule has 1 aromatic heterocycles. The van der Waals surface area contributed by atoms with Crippen LogP contribution in [0, 0.1) is 0 Å². The highest BCUT2D eigenvalue weighted by atomic mass is 35.5. The van der Waals surface area contributed by atoms with Crippen molar-refractivity contribution in [2.75, 3.05) is 0 Å². The molecule has 0 atom stereocenters. The summed E-state index contributed by atoms with van der Waals surface area (Å²) in [7, 11) is -1.76. The number of benzene rings is 3. The zero-order valence-corrected chi connectivity index (χ0v) is 12.0. The van der Waals surface area contributed by atoms with E-state index in [-0.39, 0.29) is 21.8 Å². The highest BCUT2D eigenvalue weighted by molar-refractivity contribution is 6.62. The van der Waals surface area contributed by atoms with Gasteiger partial charge in [-0.1, -0.05) is 35.9 Å². The van der Waals surface area contributed by atoms with E-state index in [0.29, 0.717) is 11.0 Å². The fourth-order valence-electron chi connectivity index (χ4n) is 2.80. The molecule has 1 heterocycles. The molecule has 0 fully saturated rings. The van der Waals surface area contributed by atoms with Gasteiger partial charge in [-0.05, 0) is 29.0 Å². The third-order valence-corrected chi connectivity index (χ3v) is 4.22. The van der Waals surface area contributed by atoms with Crippen LogP contribution in [0.15, 0.2) is 46.9 Å². The van der Waals surface area contributed by atoms with E-state index >= 15 is 0 Å². The molecule has 0 spiro atoms. The van der Waals surface area contributed by atoms with Gasteiger partial charge in [-0.2, -0.15) is 0 Å². The van der Waals surface area contributed by atoms with E-state index < -0.39 is 7.12 Å². The molecular formula is C16H10BClO4. The molecule has 0 unspecified atom stereocenters. The lowest BCUT2D eigenvalue weighted by Gasteiger charge is -2.04. The Labute approximate surface area is 130 Å². The lowest BCUT2D eigenvalue weighted by molar-refractivity contribution is 0.424. The van der Waals surface area contributed by atoms with Crippen LogP contribution >= 0.6 is 11.6 Å². The van der Waals surface area contributed by atoms with Gasteiger partial charge in [0.25, 0.3) is 0 Å². The molecule has 6 heteroatoms. The molecular weight excluding hydrogens is 302 g/mol. The molecule has 4 nitrogen and oxygen atoms in total. The largest absolute Gasteiger partial charge is 0.506 e. The van der Waals surface area contributed by atoms with Gasteiger partial charge in [0.2, 0.25) is 0 Å². The Morgan fingerprint density at radius 2 is 1.68 bits per heavy atom. The van der Waals surface area contributed by atoms with Crippen molar-refractivity contribution >= 4 is 56.9 Å². The van der Waals surface area contributed by atoms with Gasteiger partial charge in [0.05, 0.1) is 10.4 Å². The fraction of sp³-hybridized carbons (Fsp3) is 0. The molecule has 0 saturated carbocycles. The summed E-state index contributed by atoms with van der Waals surface area (Å²) < 4.78 is 5.77. The number of halogens is 1. The summed E-state index contributed by atoms with van der Waals surface area (Å²) in [6.45, 7) is 0. The maximum atomic E-state index is 9.94. The molecule has 0 aliphatic rings. The van der Waals surface area contributed by atoms with Crippen LogP contribution in [0.5, 0.6) is 5.75 Å². The summed E-state index contributed by atoms with van der Waals surface area (Å²) in [6.07, 6.45) is 0. The van der Waals surface area contributed by atoms with Crippen LogP contribution in [0.4, 0.5) is 0 Å². The Morgan fingerprint density at radius 1 is 1.00 bits per heavy atom. The molecule has 3 N–H and O–H groups in total. The zero-order valence-electron chi connectivity index (χ0n) is 11.2. The number of fused-ring (bicyclic) bond motifs is 4. The molecule has 4 aromatic rings. The van der Waals surface area contributed by atoms with E-state index in [9.17, 15) is 15.2 Å². The van der Waals surface area contributed by atoms with E-state index in [2.05, 4.69) is 0 Å². The predicted octanol–water partition coefficient (Wildman–Crippen LogP) is 2.78. The Hall–Kier alpha value is -2.21. The van der Waals surface area contributed by atoms with Gasteiger partial charge in [0, 0.05) is 10.8 Å². The smallest absolute Gasteiger partial charge is 0.492 e. The first-order chi connectivity index (χ1) is 10.6. The lowest BCUT2D eigenvalue weighted by atomic mass is 9.79. The Kier molecular flexibility index (Phi) is 2.84. The third-order valence-electron chi connectivity index (χ3n) is 3.83. The standard InChI is InChI=1S/C16H10BClO4/c18-15-12(19)7-11(17(20)21)16-14(15)10-5-8-3-1-2-4-9(8)6-13(10)22-16/h1-7,19-21H. The van der Waals surface area contributed by atoms with Crippen LogP contribution in [-0.2, 0) is 0 Å². The third kappa shape index (κ3) is 1.80. The van der Waals surface area contributed by atoms with Gasteiger partial charge >= 0.3 is 7.12 Å². The normalized spacial score (nSPS) is 11.6. The highest BCUT2D eigenvalue weighted by Crippen LogP contribution is 2.39. The molecule has 22 heavy (non-hydrogen) atoms. The minimum absolute atomic E-state index is 0.0807. The predicted molar refractivity (Wildman–Crippen MR) is 87.7 cm³/mol. The Bertz CT molecular complexity index is 1040. The summed E-state index contributed by atoms with van der Waals surface area (Å²) >= 11 is 6.20. The van der Waals surface area contributed by atoms with Crippen LogP contribution < -0.4 is 5.46 Å². The van der Waals surface area contributed by atoms with Crippen LogP contribution in [0.3, 0.4) is 0 Å². The lowest BCUT2D eigenvalue weighted by Crippen LogP contribution is -2.30. The number of rotatable bonds is 1. The maximum absolute atomic E-state index is 9.94. The Morgan fingerprint density at radius 3 is 2.36 bits per heavy atom. The average molecular weight is 313 g/mol. The molecule has 108 valence electrons. The second-order valence-corrected chi connectivity index (χ2v) is 5.55. The minimum atomic E-state index is -1.76. The Balaban J connectivity index is 2.25. The van der Waals surface area contributed by atoms with Crippen molar-refractivity contribution in [1.82, 2.24) is 0 Å². The molecule has 3 aromatic carbocycles. The molecule has 0 aliphatic heterocycles. The van der Waals surface area contributed by atoms with Crippen LogP contribution in [0.2, 0.25) is 5.02 Å². The number of hydrogen-bond donors (Lipinski definition) is 3. The summed E-state index contributed by atoms with van der Waals surface area (Å²) in [5.74, 6) is -0.215. The summed E-state index contributed by atoms with van der Waals surface area (Å²) in [5, 5.41) is 32.3. The average Bonchev–Trinajstić information content (AvgIpc) is 2.86. The van der Waals surface area contributed by atoms with Gasteiger partial charge in [0.15, 0.2) is 0 Å². The van der Waals surface area contributed by atoms with Crippen LogP contribution in [0.25, 0.3) is 32.7 Å². The second-order valence-electron chi connectivity index (χ2n) is 5.17. The molecule has 0 aliphatic carbocycles. The topological polar surface area (TPSA) is 73.8 Å². The van der Waals surface area contributed by atoms with Gasteiger partial charge in [-0.25, -0.2) is 0 Å². The second kappa shape index (κ2) is 4.65. The van der Waals surface area contributed by atoms with Gasteiger partial charge in [-0.15, -0.1) is 0 Å². The fourth-order valence-corrected chi connectivity index (χ4v) is 3.04. The quantitative estimate of drug-likeness (QED) is 0.473. The minimum Gasteiger partial charge on any atom is -0.506 e. The van der Waals surface area contributed by atoms with Crippen LogP contribution in [0.1, 0.15) is 0 Å². The molecule has 0 radical (unpaired) electrons. The van der Waals surface area contributed by atoms with Crippen molar-refractivity contribution in [2.24, 2.45) is 0 Å². The first-order valence-corrected chi connectivity index (χ1v) is 7.06. The van der Waals surface area contributed by atoms with E-state index in [4.69, 9.17) is 16.0 Å². The number of furan rings is 1.